The van der Waals surface area contributed by atoms with Gasteiger partial charge >= 0.3 is 5.97 Å². The molecule has 0 heterocycles. The molecule has 0 radical (unpaired) electrons. The summed E-state index contributed by atoms with van der Waals surface area (Å²) in [5.74, 6) is -0.185. The highest BCUT2D eigenvalue weighted by atomic mass is 16.5. The highest BCUT2D eigenvalue weighted by Crippen LogP contribution is 2.61. The van der Waals surface area contributed by atoms with E-state index in [1.54, 1.807) is 7.11 Å². The lowest BCUT2D eigenvalue weighted by molar-refractivity contribution is -0.138. The van der Waals surface area contributed by atoms with E-state index in [2.05, 4.69) is 0 Å². The first-order valence-corrected chi connectivity index (χ1v) is 5.57. The number of benzene rings is 1. The van der Waals surface area contributed by atoms with Gasteiger partial charge in [-0.25, -0.2) is 0 Å². The molecular formula is C13H14O3. The molecule has 16 heavy (non-hydrogen) atoms. The minimum atomic E-state index is -0.699. The molecule has 1 unspecified atom stereocenters. The number of rotatable bonds is 2. The first kappa shape index (κ1) is 9.70. The van der Waals surface area contributed by atoms with Gasteiger partial charge in [0, 0.05) is 0 Å². The highest BCUT2D eigenvalue weighted by molar-refractivity contribution is 5.79. The molecule has 3 heteroatoms. The first-order valence-electron chi connectivity index (χ1n) is 5.57. The lowest BCUT2D eigenvalue weighted by atomic mass is 9.98. The molecule has 0 aliphatic heterocycles. The van der Waals surface area contributed by atoms with Crippen molar-refractivity contribution < 1.29 is 14.6 Å². The van der Waals surface area contributed by atoms with Crippen LogP contribution in [0.4, 0.5) is 0 Å². The number of fused-ring (bicyclic) bond motifs is 2. The van der Waals surface area contributed by atoms with Crippen molar-refractivity contribution in [2.24, 2.45) is 0 Å². The monoisotopic (exact) mass is 218 g/mol. The number of aliphatic carboxylic acids is 1. The third-order valence-corrected chi connectivity index (χ3v) is 3.95. The summed E-state index contributed by atoms with van der Waals surface area (Å²) in [6.45, 7) is 0. The van der Waals surface area contributed by atoms with E-state index in [1.165, 1.54) is 5.56 Å². The number of carboxylic acids is 1. The lowest BCUT2D eigenvalue weighted by Gasteiger charge is -2.09. The Labute approximate surface area is 94.0 Å². The van der Waals surface area contributed by atoms with Crippen molar-refractivity contribution in [3.05, 3.63) is 29.3 Å². The van der Waals surface area contributed by atoms with Crippen LogP contribution in [0, 0.1) is 0 Å². The van der Waals surface area contributed by atoms with Gasteiger partial charge in [0.05, 0.1) is 13.0 Å². The quantitative estimate of drug-likeness (QED) is 0.828. The van der Waals surface area contributed by atoms with Crippen molar-refractivity contribution in [3.8, 4) is 5.75 Å². The second-order valence-electron chi connectivity index (χ2n) is 4.83. The van der Waals surface area contributed by atoms with Crippen molar-refractivity contribution in [2.75, 3.05) is 7.11 Å². The third kappa shape index (κ3) is 1.17. The highest BCUT2D eigenvalue weighted by Gasteiger charge is 2.53. The fourth-order valence-electron chi connectivity index (χ4n) is 2.88. The van der Waals surface area contributed by atoms with Crippen LogP contribution in [0.5, 0.6) is 5.75 Å². The Hall–Kier alpha value is -1.51. The molecule has 0 amide bonds. The molecule has 1 spiro atoms. The van der Waals surface area contributed by atoms with Gasteiger partial charge in [-0.1, -0.05) is 6.07 Å². The number of methoxy groups -OCH3 is 1. The van der Waals surface area contributed by atoms with Gasteiger partial charge in [0.15, 0.2) is 0 Å². The second kappa shape index (κ2) is 3.00. The molecule has 2 aliphatic rings. The van der Waals surface area contributed by atoms with Gasteiger partial charge in [-0.2, -0.15) is 0 Å². The van der Waals surface area contributed by atoms with Crippen LogP contribution < -0.4 is 4.74 Å². The Bertz CT molecular complexity index is 460. The van der Waals surface area contributed by atoms with Crippen LogP contribution in [0.15, 0.2) is 18.2 Å². The van der Waals surface area contributed by atoms with Crippen molar-refractivity contribution in [1.29, 1.82) is 0 Å². The molecule has 1 saturated carbocycles. The van der Waals surface area contributed by atoms with Crippen molar-refractivity contribution in [3.63, 3.8) is 0 Å². The van der Waals surface area contributed by atoms with Crippen LogP contribution >= 0.6 is 0 Å². The Balaban J connectivity index is 2.11. The molecule has 1 N–H and O–H groups in total. The zero-order valence-electron chi connectivity index (χ0n) is 9.19. The molecule has 0 aromatic heterocycles. The second-order valence-corrected chi connectivity index (χ2v) is 4.83. The summed E-state index contributed by atoms with van der Waals surface area (Å²) in [6, 6.07) is 5.79. The number of carbonyl (C=O) groups is 1. The zero-order valence-corrected chi connectivity index (χ0v) is 9.19. The minimum absolute atomic E-state index is 0.160. The van der Waals surface area contributed by atoms with Gasteiger partial charge < -0.3 is 9.84 Å². The maximum absolute atomic E-state index is 11.2. The van der Waals surface area contributed by atoms with Crippen LogP contribution in [0.1, 0.15) is 36.3 Å². The average Bonchev–Trinajstić information content (AvgIpc) is 2.97. The van der Waals surface area contributed by atoms with E-state index < -0.39 is 5.97 Å². The first-order chi connectivity index (χ1) is 7.66. The van der Waals surface area contributed by atoms with Crippen molar-refractivity contribution in [1.82, 2.24) is 0 Å². The Kier molecular flexibility index (Phi) is 1.82. The number of carboxylic acid groups (broad SMARTS) is 1. The average molecular weight is 218 g/mol. The van der Waals surface area contributed by atoms with E-state index in [0.717, 1.165) is 30.6 Å². The summed E-state index contributed by atoms with van der Waals surface area (Å²) in [5, 5.41) is 9.22. The summed E-state index contributed by atoms with van der Waals surface area (Å²) < 4.78 is 5.21. The van der Waals surface area contributed by atoms with E-state index in [4.69, 9.17) is 4.74 Å². The molecule has 1 atom stereocenters. The SMILES string of the molecule is COc1ccc2c(c1)C1(CC1)CC2C(=O)O. The maximum Gasteiger partial charge on any atom is 0.311 e. The Morgan fingerprint density at radius 2 is 2.25 bits per heavy atom. The topological polar surface area (TPSA) is 46.5 Å². The molecule has 2 aliphatic carbocycles. The lowest BCUT2D eigenvalue weighted by Crippen LogP contribution is -2.09. The molecule has 84 valence electrons. The fraction of sp³-hybridized carbons (Fsp3) is 0.462. The fourth-order valence-corrected chi connectivity index (χ4v) is 2.88. The van der Waals surface area contributed by atoms with Gasteiger partial charge in [-0.15, -0.1) is 0 Å². The standard InChI is InChI=1S/C13H14O3/c1-16-8-2-3-9-10(12(14)15)7-13(4-5-13)11(9)6-8/h2-3,6,10H,4-5,7H2,1H3,(H,14,15). The summed E-state index contributed by atoms with van der Waals surface area (Å²) in [6.07, 6.45) is 3.01. The maximum atomic E-state index is 11.2. The smallest absolute Gasteiger partial charge is 0.311 e. The Morgan fingerprint density at radius 3 is 2.81 bits per heavy atom. The molecule has 1 aromatic rings. The van der Waals surface area contributed by atoms with Gasteiger partial charge in [-0.3, -0.25) is 4.79 Å². The van der Waals surface area contributed by atoms with E-state index >= 15 is 0 Å². The largest absolute Gasteiger partial charge is 0.497 e. The molecule has 0 saturated heterocycles. The summed E-state index contributed by atoms with van der Waals surface area (Å²) in [4.78, 5) is 11.2. The zero-order chi connectivity index (χ0) is 11.3. The molecule has 1 fully saturated rings. The van der Waals surface area contributed by atoms with Crippen LogP contribution in [-0.4, -0.2) is 18.2 Å². The molecule has 1 aromatic carbocycles. The number of ether oxygens (including phenoxy) is 1. The number of hydrogen-bond acceptors (Lipinski definition) is 2. The predicted molar refractivity (Wildman–Crippen MR) is 58.9 cm³/mol. The van der Waals surface area contributed by atoms with E-state index in [0.29, 0.717) is 0 Å². The number of hydrogen-bond donors (Lipinski definition) is 1. The minimum Gasteiger partial charge on any atom is -0.497 e. The molecule has 0 bridgehead atoms. The van der Waals surface area contributed by atoms with Crippen LogP contribution in [-0.2, 0) is 10.2 Å². The summed E-state index contributed by atoms with van der Waals surface area (Å²) in [7, 11) is 1.64. The normalized spacial score (nSPS) is 24.2. The summed E-state index contributed by atoms with van der Waals surface area (Å²) in [5.41, 5.74) is 2.36. The Morgan fingerprint density at radius 1 is 1.50 bits per heavy atom. The van der Waals surface area contributed by atoms with Crippen molar-refractivity contribution >= 4 is 5.97 Å². The third-order valence-electron chi connectivity index (χ3n) is 3.95. The van der Waals surface area contributed by atoms with Crippen LogP contribution in [0.3, 0.4) is 0 Å². The van der Waals surface area contributed by atoms with Crippen molar-refractivity contribution in [2.45, 2.75) is 30.6 Å². The van der Waals surface area contributed by atoms with Crippen LogP contribution in [0.25, 0.3) is 0 Å². The van der Waals surface area contributed by atoms with Crippen LogP contribution in [0.2, 0.25) is 0 Å². The van der Waals surface area contributed by atoms with Gasteiger partial charge in [0.2, 0.25) is 0 Å². The molecule has 3 rings (SSSR count). The van der Waals surface area contributed by atoms with Gasteiger partial charge in [0.1, 0.15) is 5.75 Å². The van der Waals surface area contributed by atoms with E-state index in [-0.39, 0.29) is 11.3 Å². The van der Waals surface area contributed by atoms with Gasteiger partial charge in [0.25, 0.3) is 0 Å². The van der Waals surface area contributed by atoms with E-state index in [1.807, 2.05) is 18.2 Å². The summed E-state index contributed by atoms with van der Waals surface area (Å²) >= 11 is 0. The molecular weight excluding hydrogens is 204 g/mol. The van der Waals surface area contributed by atoms with Gasteiger partial charge in [-0.05, 0) is 47.9 Å². The molecule has 3 nitrogen and oxygen atoms in total. The predicted octanol–water partition coefficient (Wildman–Crippen LogP) is 2.30. The van der Waals surface area contributed by atoms with E-state index in [9.17, 15) is 9.90 Å².